The highest BCUT2D eigenvalue weighted by molar-refractivity contribution is 6.05. The Labute approximate surface area is 214 Å². The Kier molecular flexibility index (Phi) is 6.09. The van der Waals surface area contributed by atoms with Crippen molar-refractivity contribution in [2.45, 2.75) is 32.0 Å². The fourth-order valence-corrected chi connectivity index (χ4v) is 5.28. The topological polar surface area (TPSA) is 112 Å². The number of nitrogens with zero attached hydrogens (tertiary/aromatic N) is 6. The lowest BCUT2D eigenvalue weighted by molar-refractivity contribution is -0.136. The minimum Gasteiger partial charge on any atom is -0.338 e. The van der Waals surface area contributed by atoms with Crippen LogP contribution in [-0.2, 0) is 22.7 Å². The van der Waals surface area contributed by atoms with E-state index in [4.69, 9.17) is 0 Å². The average molecular weight is 498 g/mol. The summed E-state index contributed by atoms with van der Waals surface area (Å²) in [5.74, 6) is -0.0766. The number of pyridine rings is 1. The van der Waals surface area contributed by atoms with Crippen LogP contribution in [0.3, 0.4) is 0 Å². The van der Waals surface area contributed by atoms with Gasteiger partial charge in [-0.25, -0.2) is 9.97 Å². The van der Waals surface area contributed by atoms with Crippen molar-refractivity contribution in [2.24, 2.45) is 0 Å². The molecular weight excluding hydrogens is 470 g/mol. The highest BCUT2D eigenvalue weighted by Crippen LogP contribution is 2.31. The van der Waals surface area contributed by atoms with Crippen LogP contribution in [0.1, 0.15) is 34.3 Å². The van der Waals surface area contributed by atoms with Gasteiger partial charge in [0.15, 0.2) is 0 Å². The molecular formula is C27H27N7O3. The second-order valence-electron chi connectivity index (χ2n) is 9.63. The molecule has 3 aliphatic heterocycles. The van der Waals surface area contributed by atoms with Crippen molar-refractivity contribution in [3.8, 4) is 11.3 Å². The molecule has 5 heterocycles. The minimum atomic E-state index is -0.614. The van der Waals surface area contributed by atoms with E-state index >= 15 is 0 Å². The van der Waals surface area contributed by atoms with Gasteiger partial charge in [-0.1, -0.05) is 6.07 Å². The predicted molar refractivity (Wildman–Crippen MR) is 135 cm³/mol. The average Bonchev–Trinajstić information content (AvgIpc) is 3.25. The number of imide groups is 1. The number of hydrogen-bond acceptors (Lipinski definition) is 8. The normalized spacial score (nSPS) is 20.2. The molecule has 1 unspecified atom stereocenters. The number of fused-ring (bicyclic) bond motifs is 1. The van der Waals surface area contributed by atoms with Gasteiger partial charge in [-0.2, -0.15) is 0 Å². The van der Waals surface area contributed by atoms with E-state index < -0.39 is 11.9 Å². The Balaban J connectivity index is 1.13. The second kappa shape index (κ2) is 9.70. The molecule has 1 aromatic carbocycles. The van der Waals surface area contributed by atoms with E-state index in [1.54, 1.807) is 17.3 Å². The molecule has 1 atom stereocenters. The molecule has 188 valence electrons. The van der Waals surface area contributed by atoms with Gasteiger partial charge in [-0.3, -0.25) is 29.6 Å². The van der Waals surface area contributed by atoms with Crippen LogP contribution in [-0.4, -0.2) is 74.7 Å². The lowest BCUT2D eigenvalue weighted by Crippen LogP contribution is -2.52. The molecule has 0 spiro atoms. The Hall–Kier alpha value is -4.18. The fourth-order valence-electron chi connectivity index (χ4n) is 5.28. The molecule has 1 N–H and O–H groups in total. The maximum Gasteiger partial charge on any atom is 0.255 e. The maximum absolute atomic E-state index is 13.0. The number of nitrogens with one attached hydrogen (secondary N) is 1. The Morgan fingerprint density at radius 3 is 2.51 bits per heavy atom. The number of rotatable bonds is 5. The summed E-state index contributed by atoms with van der Waals surface area (Å²) in [6, 6.07) is 11.1. The third-order valence-corrected chi connectivity index (χ3v) is 7.26. The second-order valence-corrected chi connectivity index (χ2v) is 9.63. The molecule has 2 fully saturated rings. The third-order valence-electron chi connectivity index (χ3n) is 7.26. The highest BCUT2D eigenvalue weighted by atomic mass is 16.2. The van der Waals surface area contributed by atoms with Crippen molar-refractivity contribution in [3.63, 3.8) is 0 Å². The number of piperidine rings is 1. The van der Waals surface area contributed by atoms with Gasteiger partial charge >= 0.3 is 0 Å². The Bertz CT molecular complexity index is 1360. The lowest BCUT2D eigenvalue weighted by Gasteiger charge is -2.34. The summed E-state index contributed by atoms with van der Waals surface area (Å²) >= 11 is 0. The van der Waals surface area contributed by atoms with Gasteiger partial charge < -0.3 is 9.80 Å². The minimum absolute atomic E-state index is 0.169. The summed E-state index contributed by atoms with van der Waals surface area (Å²) in [5.41, 5.74) is 4.44. The number of anilines is 1. The summed E-state index contributed by atoms with van der Waals surface area (Å²) in [6.07, 6.45) is 5.97. The monoisotopic (exact) mass is 497 g/mol. The quantitative estimate of drug-likeness (QED) is 0.530. The zero-order valence-corrected chi connectivity index (χ0v) is 20.3. The van der Waals surface area contributed by atoms with E-state index in [0.717, 1.165) is 55.5 Å². The molecule has 10 heteroatoms. The molecule has 2 saturated heterocycles. The smallest absolute Gasteiger partial charge is 0.255 e. The molecule has 3 aliphatic rings. The molecule has 0 radical (unpaired) electrons. The Morgan fingerprint density at radius 1 is 0.919 bits per heavy atom. The van der Waals surface area contributed by atoms with Crippen LogP contribution in [0.4, 0.5) is 5.95 Å². The van der Waals surface area contributed by atoms with Crippen LogP contribution in [0.5, 0.6) is 0 Å². The summed E-state index contributed by atoms with van der Waals surface area (Å²) in [4.78, 5) is 56.3. The molecule has 6 rings (SSSR count). The molecule has 3 amide bonds. The number of carbonyl (C=O) groups excluding carboxylic acids is 3. The van der Waals surface area contributed by atoms with Crippen molar-refractivity contribution >= 4 is 23.7 Å². The van der Waals surface area contributed by atoms with Gasteiger partial charge in [-0.15, -0.1) is 0 Å². The van der Waals surface area contributed by atoms with Gasteiger partial charge in [0.05, 0.1) is 5.69 Å². The fraction of sp³-hybridized carbons (Fsp3) is 0.333. The van der Waals surface area contributed by atoms with Crippen molar-refractivity contribution in [2.75, 3.05) is 31.1 Å². The van der Waals surface area contributed by atoms with Crippen LogP contribution < -0.4 is 10.2 Å². The van der Waals surface area contributed by atoms with Crippen LogP contribution >= 0.6 is 0 Å². The third kappa shape index (κ3) is 4.67. The van der Waals surface area contributed by atoms with Gasteiger partial charge in [-0.05, 0) is 47.9 Å². The van der Waals surface area contributed by atoms with Crippen molar-refractivity contribution < 1.29 is 14.4 Å². The van der Waals surface area contributed by atoms with Gasteiger partial charge in [0.2, 0.25) is 17.8 Å². The van der Waals surface area contributed by atoms with Gasteiger partial charge in [0.25, 0.3) is 5.91 Å². The molecule has 0 aliphatic carbocycles. The van der Waals surface area contributed by atoms with Crippen molar-refractivity contribution in [1.82, 2.24) is 30.1 Å². The van der Waals surface area contributed by atoms with E-state index in [9.17, 15) is 14.4 Å². The zero-order chi connectivity index (χ0) is 25.4. The first-order valence-electron chi connectivity index (χ1n) is 12.5. The molecule has 3 aromatic rings. The van der Waals surface area contributed by atoms with E-state index in [1.807, 2.05) is 36.5 Å². The van der Waals surface area contributed by atoms with Crippen LogP contribution in [0.15, 0.2) is 55.0 Å². The molecule has 2 aromatic heterocycles. The molecule has 10 nitrogen and oxygen atoms in total. The molecule has 0 bridgehead atoms. The number of benzene rings is 1. The molecule has 0 saturated carbocycles. The zero-order valence-electron chi connectivity index (χ0n) is 20.3. The summed E-state index contributed by atoms with van der Waals surface area (Å²) < 4.78 is 0. The first kappa shape index (κ1) is 23.2. The van der Waals surface area contributed by atoms with Crippen LogP contribution in [0, 0.1) is 0 Å². The number of aromatic nitrogens is 3. The van der Waals surface area contributed by atoms with Crippen LogP contribution in [0.2, 0.25) is 0 Å². The van der Waals surface area contributed by atoms with Crippen molar-refractivity contribution in [1.29, 1.82) is 0 Å². The SMILES string of the molecule is O=C1CCC(N2Cc3cc(-c4cc(CN5CCN(c6ncccn6)CC5)ccn4)ccc3C2=O)C(=O)N1. The van der Waals surface area contributed by atoms with E-state index in [-0.39, 0.29) is 18.2 Å². The van der Waals surface area contributed by atoms with Crippen molar-refractivity contribution in [3.05, 3.63) is 71.7 Å². The number of carbonyl (C=O) groups is 3. The first-order chi connectivity index (χ1) is 18.0. The first-order valence-corrected chi connectivity index (χ1v) is 12.5. The molecule has 37 heavy (non-hydrogen) atoms. The van der Waals surface area contributed by atoms with E-state index in [2.05, 4.69) is 36.1 Å². The van der Waals surface area contributed by atoms with E-state index in [1.165, 1.54) is 5.56 Å². The number of piperazine rings is 1. The predicted octanol–water partition coefficient (Wildman–Crippen LogP) is 1.62. The largest absolute Gasteiger partial charge is 0.338 e. The Morgan fingerprint density at radius 2 is 1.73 bits per heavy atom. The number of hydrogen-bond donors (Lipinski definition) is 1. The summed E-state index contributed by atoms with van der Waals surface area (Å²) in [7, 11) is 0. The van der Waals surface area contributed by atoms with E-state index in [0.29, 0.717) is 18.5 Å². The summed E-state index contributed by atoms with van der Waals surface area (Å²) in [5, 5.41) is 2.35. The maximum atomic E-state index is 13.0. The van der Waals surface area contributed by atoms with Gasteiger partial charge in [0.1, 0.15) is 6.04 Å². The van der Waals surface area contributed by atoms with Gasteiger partial charge in [0, 0.05) is 75.4 Å². The number of amides is 3. The standard InChI is InChI=1S/C27H27N7O3/c35-24-5-4-23(25(36)31-24)34-17-20-15-19(2-3-21(20)26(34)37)22-14-18(6-9-28-22)16-32-10-12-33(13-11-32)27-29-7-1-8-30-27/h1-3,6-9,14-15,23H,4-5,10-13,16-17H2,(H,31,35,36). The lowest BCUT2D eigenvalue weighted by atomic mass is 10.0. The van der Waals surface area contributed by atoms with Crippen LogP contribution in [0.25, 0.3) is 11.3 Å². The summed E-state index contributed by atoms with van der Waals surface area (Å²) in [6.45, 7) is 4.78. The highest BCUT2D eigenvalue weighted by Gasteiger charge is 2.39.